The van der Waals surface area contributed by atoms with Crippen LogP contribution in [0.1, 0.15) is 41.8 Å². The number of piperidine rings is 1. The van der Waals surface area contributed by atoms with E-state index in [2.05, 4.69) is 4.90 Å². The molecule has 1 aromatic rings. The molecule has 21 heavy (non-hydrogen) atoms. The molecule has 0 aromatic carbocycles. The van der Waals surface area contributed by atoms with Crippen LogP contribution in [0.3, 0.4) is 0 Å². The highest BCUT2D eigenvalue weighted by Gasteiger charge is 2.36. The molecule has 0 saturated carbocycles. The van der Waals surface area contributed by atoms with Gasteiger partial charge in [-0.1, -0.05) is 0 Å². The van der Waals surface area contributed by atoms with E-state index in [0.29, 0.717) is 31.7 Å². The molecule has 2 aliphatic heterocycles. The topological polar surface area (TPSA) is 56.9 Å². The van der Waals surface area contributed by atoms with Gasteiger partial charge in [-0.05, 0) is 51.8 Å². The highest BCUT2D eigenvalue weighted by atomic mass is 16.3. The lowest BCUT2D eigenvalue weighted by Crippen LogP contribution is -2.51. The summed E-state index contributed by atoms with van der Waals surface area (Å²) >= 11 is 0. The summed E-state index contributed by atoms with van der Waals surface area (Å²) in [5.74, 6) is 0.376. The minimum absolute atomic E-state index is 0.0549. The molecule has 0 unspecified atom stereocenters. The average Bonchev–Trinajstić information content (AvgIpc) is 3.10. The van der Waals surface area contributed by atoms with Gasteiger partial charge in [0.15, 0.2) is 5.76 Å². The predicted octanol–water partition coefficient (Wildman–Crippen LogP) is 1.65. The number of carbonyl (C=O) groups is 1. The maximum absolute atomic E-state index is 12.4. The number of aliphatic hydroxyl groups is 1. The Bertz CT molecular complexity index is 497. The molecule has 3 rings (SSSR count). The maximum Gasteiger partial charge on any atom is 0.289 e. The number of furan rings is 1. The zero-order valence-electron chi connectivity index (χ0n) is 12.7. The van der Waals surface area contributed by atoms with E-state index < -0.39 is 5.60 Å². The third kappa shape index (κ3) is 3.14. The van der Waals surface area contributed by atoms with Crippen molar-refractivity contribution in [3.8, 4) is 0 Å². The summed E-state index contributed by atoms with van der Waals surface area (Å²) in [6.45, 7) is 6.01. The molecule has 1 N–H and O–H groups in total. The van der Waals surface area contributed by atoms with Gasteiger partial charge in [-0.25, -0.2) is 0 Å². The number of rotatable bonds is 3. The zero-order valence-corrected chi connectivity index (χ0v) is 12.7. The van der Waals surface area contributed by atoms with Crippen molar-refractivity contribution in [2.75, 3.05) is 32.7 Å². The number of amides is 1. The van der Waals surface area contributed by atoms with Crippen LogP contribution in [-0.2, 0) is 0 Å². The van der Waals surface area contributed by atoms with Gasteiger partial charge in [0.1, 0.15) is 0 Å². The molecule has 0 aliphatic carbocycles. The number of β-amino-alcohol motifs (C(OH)–C–C–N with tert-alkyl or cyclic N) is 1. The minimum Gasteiger partial charge on any atom is -0.459 e. The molecule has 0 radical (unpaired) electrons. The second-order valence-electron chi connectivity index (χ2n) is 6.43. The molecule has 1 amide bonds. The SMILES string of the molecule is Cc1ccoc1C(=O)N1CCC(O)(CN2CCCC2)CC1. The first-order valence-electron chi connectivity index (χ1n) is 7.85. The van der Waals surface area contributed by atoms with Gasteiger partial charge in [-0.3, -0.25) is 4.79 Å². The Balaban J connectivity index is 1.57. The van der Waals surface area contributed by atoms with Crippen LogP contribution in [0, 0.1) is 6.92 Å². The van der Waals surface area contributed by atoms with Crippen molar-refractivity contribution in [3.63, 3.8) is 0 Å². The van der Waals surface area contributed by atoms with E-state index in [1.807, 2.05) is 6.92 Å². The predicted molar refractivity (Wildman–Crippen MR) is 79.2 cm³/mol. The number of likely N-dealkylation sites (tertiary alicyclic amines) is 2. The van der Waals surface area contributed by atoms with Crippen molar-refractivity contribution >= 4 is 5.91 Å². The largest absolute Gasteiger partial charge is 0.459 e. The van der Waals surface area contributed by atoms with Crippen LogP contribution in [0.4, 0.5) is 0 Å². The Morgan fingerprint density at radius 1 is 1.29 bits per heavy atom. The summed E-state index contributed by atoms with van der Waals surface area (Å²) in [6.07, 6.45) is 5.32. The summed E-state index contributed by atoms with van der Waals surface area (Å²) in [4.78, 5) is 16.5. The van der Waals surface area contributed by atoms with E-state index in [1.54, 1.807) is 17.2 Å². The van der Waals surface area contributed by atoms with Crippen molar-refractivity contribution in [3.05, 3.63) is 23.7 Å². The monoisotopic (exact) mass is 292 g/mol. The smallest absolute Gasteiger partial charge is 0.289 e. The molecule has 3 heterocycles. The van der Waals surface area contributed by atoms with Gasteiger partial charge in [0.05, 0.1) is 11.9 Å². The van der Waals surface area contributed by atoms with Crippen LogP contribution in [0.2, 0.25) is 0 Å². The van der Waals surface area contributed by atoms with Gasteiger partial charge < -0.3 is 19.3 Å². The molecule has 5 nitrogen and oxygen atoms in total. The van der Waals surface area contributed by atoms with E-state index in [1.165, 1.54) is 12.8 Å². The fourth-order valence-corrected chi connectivity index (χ4v) is 3.38. The van der Waals surface area contributed by atoms with Gasteiger partial charge in [0.25, 0.3) is 5.91 Å². The number of hydrogen-bond donors (Lipinski definition) is 1. The Kier molecular flexibility index (Phi) is 4.04. The first-order valence-corrected chi connectivity index (χ1v) is 7.85. The highest BCUT2D eigenvalue weighted by molar-refractivity contribution is 5.92. The van der Waals surface area contributed by atoms with Crippen LogP contribution in [0.15, 0.2) is 16.7 Å². The molecule has 5 heteroatoms. The molecule has 2 aliphatic rings. The number of hydrogen-bond acceptors (Lipinski definition) is 4. The van der Waals surface area contributed by atoms with E-state index >= 15 is 0 Å². The van der Waals surface area contributed by atoms with Gasteiger partial charge >= 0.3 is 0 Å². The third-order valence-corrected chi connectivity index (χ3v) is 4.75. The zero-order chi connectivity index (χ0) is 14.9. The standard InChI is InChI=1S/C16H24N2O3/c1-13-4-11-21-14(13)15(19)18-9-5-16(20,6-10-18)12-17-7-2-3-8-17/h4,11,20H,2-3,5-10,12H2,1H3. The number of carbonyl (C=O) groups excluding carboxylic acids is 1. The lowest BCUT2D eigenvalue weighted by atomic mass is 9.90. The number of nitrogens with zero attached hydrogens (tertiary/aromatic N) is 2. The molecule has 2 fully saturated rings. The second-order valence-corrected chi connectivity index (χ2v) is 6.43. The van der Waals surface area contributed by atoms with Gasteiger partial charge in [0, 0.05) is 25.2 Å². The van der Waals surface area contributed by atoms with Crippen molar-refractivity contribution in [1.82, 2.24) is 9.80 Å². The van der Waals surface area contributed by atoms with Gasteiger partial charge in [-0.15, -0.1) is 0 Å². The lowest BCUT2D eigenvalue weighted by Gasteiger charge is -2.40. The van der Waals surface area contributed by atoms with E-state index in [0.717, 1.165) is 25.2 Å². The number of aryl methyl sites for hydroxylation is 1. The lowest BCUT2D eigenvalue weighted by molar-refractivity contribution is -0.0372. The van der Waals surface area contributed by atoms with Crippen molar-refractivity contribution in [2.24, 2.45) is 0 Å². The molecule has 0 atom stereocenters. The fourth-order valence-electron chi connectivity index (χ4n) is 3.38. The first-order chi connectivity index (χ1) is 10.1. The normalized spacial score (nSPS) is 22.7. The first kappa shape index (κ1) is 14.6. The Morgan fingerprint density at radius 3 is 2.52 bits per heavy atom. The molecular formula is C16H24N2O3. The van der Waals surface area contributed by atoms with E-state index in [4.69, 9.17) is 4.42 Å². The molecule has 0 spiro atoms. The van der Waals surface area contributed by atoms with Crippen LogP contribution in [-0.4, -0.2) is 59.1 Å². The highest BCUT2D eigenvalue weighted by Crippen LogP contribution is 2.26. The van der Waals surface area contributed by atoms with Crippen LogP contribution in [0.5, 0.6) is 0 Å². The maximum atomic E-state index is 12.4. The van der Waals surface area contributed by atoms with E-state index in [-0.39, 0.29) is 5.91 Å². The molecule has 116 valence electrons. The summed E-state index contributed by atoms with van der Waals surface area (Å²) in [6, 6.07) is 1.81. The summed E-state index contributed by atoms with van der Waals surface area (Å²) in [5.41, 5.74) is 0.234. The summed E-state index contributed by atoms with van der Waals surface area (Å²) < 4.78 is 5.28. The third-order valence-electron chi connectivity index (χ3n) is 4.75. The Morgan fingerprint density at radius 2 is 1.95 bits per heavy atom. The molecular weight excluding hydrogens is 268 g/mol. The average molecular weight is 292 g/mol. The van der Waals surface area contributed by atoms with Crippen LogP contribution < -0.4 is 0 Å². The summed E-state index contributed by atoms with van der Waals surface area (Å²) in [7, 11) is 0. The van der Waals surface area contributed by atoms with Crippen molar-refractivity contribution in [2.45, 2.75) is 38.2 Å². The Labute approximate surface area is 125 Å². The summed E-state index contributed by atoms with van der Waals surface area (Å²) in [5, 5.41) is 10.7. The minimum atomic E-state index is -0.640. The van der Waals surface area contributed by atoms with Gasteiger partial charge in [-0.2, -0.15) is 0 Å². The Hall–Kier alpha value is -1.33. The van der Waals surface area contributed by atoms with Crippen LogP contribution in [0.25, 0.3) is 0 Å². The molecule has 1 aromatic heterocycles. The van der Waals surface area contributed by atoms with Crippen molar-refractivity contribution in [1.29, 1.82) is 0 Å². The fraction of sp³-hybridized carbons (Fsp3) is 0.688. The van der Waals surface area contributed by atoms with Crippen molar-refractivity contribution < 1.29 is 14.3 Å². The molecule has 2 saturated heterocycles. The van der Waals surface area contributed by atoms with Crippen LogP contribution >= 0.6 is 0 Å². The van der Waals surface area contributed by atoms with E-state index in [9.17, 15) is 9.90 Å². The van der Waals surface area contributed by atoms with Gasteiger partial charge in [0.2, 0.25) is 0 Å². The quantitative estimate of drug-likeness (QED) is 0.920. The second kappa shape index (κ2) is 5.81. The molecule has 0 bridgehead atoms.